The Morgan fingerprint density at radius 1 is 1.25 bits per heavy atom. The van der Waals surface area contributed by atoms with Crippen LogP contribution in [0.5, 0.6) is 0 Å². The molecule has 0 amide bonds. The topological polar surface area (TPSA) is 48.9 Å². The van der Waals surface area contributed by atoms with Gasteiger partial charge in [0.05, 0.1) is 12.4 Å². The number of H-pyrrole nitrogens is 1. The lowest BCUT2D eigenvalue weighted by molar-refractivity contribution is 0.119. The van der Waals surface area contributed by atoms with Crippen molar-refractivity contribution in [2.45, 2.75) is 43.6 Å². The first kappa shape index (κ1) is 12.2. The van der Waals surface area contributed by atoms with Gasteiger partial charge in [-0.1, -0.05) is 38.1 Å². The van der Waals surface area contributed by atoms with Crippen molar-refractivity contribution in [3.63, 3.8) is 0 Å². The third kappa shape index (κ3) is 1.27. The van der Waals surface area contributed by atoms with Crippen molar-refractivity contribution in [2.24, 2.45) is 5.92 Å². The molecule has 104 valence electrons. The van der Waals surface area contributed by atoms with E-state index in [0.717, 1.165) is 6.42 Å². The summed E-state index contributed by atoms with van der Waals surface area (Å²) >= 11 is 0. The molecule has 0 radical (unpaired) electrons. The zero-order valence-corrected chi connectivity index (χ0v) is 11.9. The molecule has 2 aliphatic rings. The molecule has 20 heavy (non-hydrogen) atoms. The minimum Gasteiger partial charge on any atom is -0.392 e. The fourth-order valence-corrected chi connectivity index (χ4v) is 4.81. The monoisotopic (exact) mass is 268 g/mol. The first-order chi connectivity index (χ1) is 9.66. The first-order valence-electron chi connectivity index (χ1n) is 7.42. The maximum Gasteiger partial charge on any atom is 0.0921 e. The van der Waals surface area contributed by atoms with Gasteiger partial charge < -0.3 is 10.1 Å². The van der Waals surface area contributed by atoms with Crippen LogP contribution in [0, 0.1) is 5.92 Å². The minimum atomic E-state index is -0.274. The van der Waals surface area contributed by atoms with Crippen molar-refractivity contribution in [3.8, 4) is 0 Å². The van der Waals surface area contributed by atoms with Gasteiger partial charge in [0.15, 0.2) is 0 Å². The van der Waals surface area contributed by atoms with Crippen LogP contribution in [0.1, 0.15) is 48.9 Å². The number of aliphatic hydroxyl groups excluding tert-OH is 1. The third-order valence-electron chi connectivity index (χ3n) is 5.71. The van der Waals surface area contributed by atoms with Crippen LogP contribution < -0.4 is 0 Å². The molecule has 1 aromatic carbocycles. The SMILES string of the molecule is CC1CC2(c3cnc[nH]3)C(C)c3ccccc3C2C1O. The van der Waals surface area contributed by atoms with Crippen molar-refractivity contribution in [1.29, 1.82) is 0 Å². The minimum absolute atomic E-state index is 0.0288. The standard InChI is InChI=1S/C17H20N2O/c1-10-7-17(14-8-18-9-19-14)11(2)12-5-3-4-6-13(12)15(17)16(10)20/h3-6,8-11,15-16,20H,7H2,1-2H3,(H,18,19). The normalized spacial score (nSPS) is 38.8. The van der Waals surface area contributed by atoms with Gasteiger partial charge in [0.1, 0.15) is 0 Å². The van der Waals surface area contributed by atoms with Gasteiger partial charge in [-0.15, -0.1) is 0 Å². The van der Waals surface area contributed by atoms with E-state index in [1.165, 1.54) is 16.8 Å². The molecule has 1 fully saturated rings. The van der Waals surface area contributed by atoms with Crippen LogP contribution in [0.2, 0.25) is 0 Å². The Bertz CT molecular complexity index is 636. The number of hydrogen-bond donors (Lipinski definition) is 2. The zero-order valence-electron chi connectivity index (χ0n) is 11.9. The zero-order chi connectivity index (χ0) is 13.9. The molecule has 0 bridgehead atoms. The summed E-state index contributed by atoms with van der Waals surface area (Å²) in [6.07, 6.45) is 4.44. The van der Waals surface area contributed by atoms with E-state index in [1.54, 1.807) is 6.33 Å². The number of fused-ring (bicyclic) bond motifs is 3. The van der Waals surface area contributed by atoms with Gasteiger partial charge in [-0.2, -0.15) is 0 Å². The summed E-state index contributed by atoms with van der Waals surface area (Å²) in [7, 11) is 0. The highest BCUT2D eigenvalue weighted by atomic mass is 16.3. The predicted octanol–water partition coefficient (Wildman–Crippen LogP) is 2.95. The lowest BCUT2D eigenvalue weighted by atomic mass is 9.70. The molecule has 0 spiro atoms. The van der Waals surface area contributed by atoms with Gasteiger partial charge >= 0.3 is 0 Å². The summed E-state index contributed by atoms with van der Waals surface area (Å²) in [4.78, 5) is 7.56. The lowest BCUT2D eigenvalue weighted by Crippen LogP contribution is -2.32. The lowest BCUT2D eigenvalue weighted by Gasteiger charge is -2.34. The van der Waals surface area contributed by atoms with E-state index in [1.807, 2.05) is 6.20 Å². The van der Waals surface area contributed by atoms with E-state index in [4.69, 9.17) is 0 Å². The van der Waals surface area contributed by atoms with Crippen LogP contribution in [-0.4, -0.2) is 21.2 Å². The second-order valence-electron chi connectivity index (χ2n) is 6.51. The molecule has 0 saturated heterocycles. The number of nitrogens with zero attached hydrogens (tertiary/aromatic N) is 1. The van der Waals surface area contributed by atoms with E-state index >= 15 is 0 Å². The van der Waals surface area contributed by atoms with Crippen LogP contribution in [0.3, 0.4) is 0 Å². The molecule has 3 heteroatoms. The number of nitrogens with one attached hydrogen (secondary N) is 1. The van der Waals surface area contributed by atoms with Crippen molar-refractivity contribution in [1.82, 2.24) is 9.97 Å². The smallest absolute Gasteiger partial charge is 0.0921 e. The van der Waals surface area contributed by atoms with Crippen LogP contribution in [-0.2, 0) is 5.41 Å². The third-order valence-corrected chi connectivity index (χ3v) is 5.71. The number of benzene rings is 1. The maximum atomic E-state index is 10.8. The predicted molar refractivity (Wildman–Crippen MR) is 77.7 cm³/mol. The summed E-state index contributed by atoms with van der Waals surface area (Å²) in [5.41, 5.74) is 3.86. The van der Waals surface area contributed by atoms with Crippen LogP contribution in [0.25, 0.3) is 0 Å². The second kappa shape index (κ2) is 3.95. The number of aliphatic hydroxyl groups is 1. The molecular weight excluding hydrogens is 248 g/mol. The summed E-state index contributed by atoms with van der Waals surface area (Å²) in [5.74, 6) is 0.909. The summed E-state index contributed by atoms with van der Waals surface area (Å²) in [6, 6.07) is 8.60. The van der Waals surface area contributed by atoms with Gasteiger partial charge in [0.2, 0.25) is 0 Å². The molecule has 1 aromatic heterocycles. The van der Waals surface area contributed by atoms with Crippen molar-refractivity contribution in [2.75, 3.05) is 0 Å². The average molecular weight is 268 g/mol. The van der Waals surface area contributed by atoms with Gasteiger partial charge in [0.25, 0.3) is 0 Å². The van der Waals surface area contributed by atoms with Crippen molar-refractivity contribution in [3.05, 3.63) is 53.6 Å². The van der Waals surface area contributed by atoms with Gasteiger partial charge in [-0.25, -0.2) is 4.98 Å². The molecular formula is C17H20N2O. The Balaban J connectivity index is 1.98. The number of hydrogen-bond acceptors (Lipinski definition) is 2. The molecule has 5 atom stereocenters. The van der Waals surface area contributed by atoms with Crippen molar-refractivity contribution >= 4 is 0 Å². The largest absolute Gasteiger partial charge is 0.392 e. The van der Waals surface area contributed by atoms with E-state index < -0.39 is 0 Å². The average Bonchev–Trinajstić information content (AvgIpc) is 3.11. The van der Waals surface area contributed by atoms with E-state index in [0.29, 0.717) is 11.8 Å². The number of rotatable bonds is 1. The van der Waals surface area contributed by atoms with E-state index in [9.17, 15) is 5.11 Å². The molecule has 1 saturated carbocycles. The molecule has 2 aliphatic carbocycles. The highest BCUT2D eigenvalue weighted by Crippen LogP contribution is 2.64. The number of aromatic nitrogens is 2. The summed E-state index contributed by atoms with van der Waals surface area (Å²) in [5, 5.41) is 10.8. The molecule has 5 unspecified atom stereocenters. The van der Waals surface area contributed by atoms with Crippen molar-refractivity contribution < 1.29 is 5.11 Å². The Morgan fingerprint density at radius 3 is 2.70 bits per heavy atom. The van der Waals surface area contributed by atoms with Gasteiger partial charge in [-0.3, -0.25) is 0 Å². The highest BCUT2D eigenvalue weighted by Gasteiger charge is 2.61. The molecule has 2 N–H and O–H groups in total. The fraction of sp³-hybridized carbons (Fsp3) is 0.471. The van der Waals surface area contributed by atoms with Crippen LogP contribution in [0.4, 0.5) is 0 Å². The summed E-state index contributed by atoms with van der Waals surface area (Å²) in [6.45, 7) is 4.46. The Labute approximate surface area is 119 Å². The van der Waals surface area contributed by atoms with Crippen LogP contribution in [0.15, 0.2) is 36.8 Å². The Kier molecular flexibility index (Phi) is 2.40. The number of aromatic amines is 1. The molecule has 4 rings (SSSR count). The molecule has 0 aliphatic heterocycles. The fourth-order valence-electron chi connectivity index (χ4n) is 4.81. The first-order valence-corrected chi connectivity index (χ1v) is 7.42. The van der Waals surface area contributed by atoms with E-state index in [2.05, 4.69) is 48.1 Å². The van der Waals surface area contributed by atoms with Gasteiger partial charge in [-0.05, 0) is 29.4 Å². The summed E-state index contributed by atoms with van der Waals surface area (Å²) < 4.78 is 0. The highest BCUT2D eigenvalue weighted by molar-refractivity contribution is 5.50. The second-order valence-corrected chi connectivity index (χ2v) is 6.51. The molecule has 1 heterocycles. The Morgan fingerprint density at radius 2 is 2.00 bits per heavy atom. The molecule has 3 nitrogen and oxygen atoms in total. The van der Waals surface area contributed by atoms with Gasteiger partial charge in [0, 0.05) is 23.2 Å². The Hall–Kier alpha value is -1.61. The molecule has 2 aromatic rings. The maximum absolute atomic E-state index is 10.8. The van der Waals surface area contributed by atoms with Crippen LogP contribution >= 0.6 is 0 Å². The number of imidazole rings is 1. The quantitative estimate of drug-likeness (QED) is 0.835. The van der Waals surface area contributed by atoms with E-state index in [-0.39, 0.29) is 17.4 Å².